The average molecular weight is 739 g/mol. The SMILES string of the molecule is c1ccc(-c2ccc(-c3nc(-c4ccccc4)nc(C4CCCC(c5cccc6c5sc5ccccc56)C4)n3)c(-n3c4ccccc4c4ccccc43)c2)cc1. The molecule has 0 radical (unpaired) electrons. The second-order valence-corrected chi connectivity index (χ2v) is 16.1. The molecule has 0 aliphatic heterocycles. The van der Waals surface area contributed by atoms with E-state index in [1.165, 1.54) is 48.5 Å². The molecule has 1 aliphatic carbocycles. The van der Waals surface area contributed by atoms with Crippen molar-refractivity contribution in [2.75, 3.05) is 0 Å². The number of fused-ring (bicyclic) bond motifs is 6. The highest BCUT2D eigenvalue weighted by Crippen LogP contribution is 2.46. The molecule has 0 bridgehead atoms. The first-order valence-electron chi connectivity index (χ1n) is 19.7. The van der Waals surface area contributed by atoms with Crippen molar-refractivity contribution >= 4 is 53.3 Å². The van der Waals surface area contributed by atoms with Gasteiger partial charge in [0.1, 0.15) is 5.82 Å². The number of para-hydroxylation sites is 2. The number of nitrogens with zero attached hydrogens (tertiary/aromatic N) is 4. The summed E-state index contributed by atoms with van der Waals surface area (Å²) < 4.78 is 5.18. The summed E-state index contributed by atoms with van der Waals surface area (Å²) in [5.74, 6) is 2.97. The minimum atomic E-state index is 0.211. The Kier molecular flexibility index (Phi) is 8.06. The molecular formula is C51H38N4S. The van der Waals surface area contributed by atoms with Crippen molar-refractivity contribution in [3.05, 3.63) is 181 Å². The van der Waals surface area contributed by atoms with Crippen molar-refractivity contribution in [1.82, 2.24) is 19.5 Å². The van der Waals surface area contributed by atoms with Crippen molar-refractivity contribution in [2.24, 2.45) is 0 Å². The average Bonchev–Trinajstić information content (AvgIpc) is 3.83. The summed E-state index contributed by atoms with van der Waals surface area (Å²) in [6, 6.07) is 61.0. The van der Waals surface area contributed by atoms with Crippen molar-refractivity contribution in [2.45, 2.75) is 37.5 Å². The second kappa shape index (κ2) is 13.7. The third-order valence-corrected chi connectivity index (χ3v) is 13.0. The van der Waals surface area contributed by atoms with Crippen LogP contribution in [0.25, 0.3) is 81.6 Å². The zero-order valence-corrected chi connectivity index (χ0v) is 31.7. The molecule has 5 heteroatoms. The van der Waals surface area contributed by atoms with Gasteiger partial charge in [-0.15, -0.1) is 11.3 Å². The molecule has 0 saturated heterocycles. The zero-order chi connectivity index (χ0) is 37.0. The normalized spacial score (nSPS) is 15.9. The maximum absolute atomic E-state index is 5.48. The van der Waals surface area contributed by atoms with E-state index in [-0.39, 0.29) is 5.92 Å². The topological polar surface area (TPSA) is 43.6 Å². The van der Waals surface area contributed by atoms with Gasteiger partial charge in [0.25, 0.3) is 0 Å². The van der Waals surface area contributed by atoms with E-state index in [1.54, 1.807) is 0 Å². The molecule has 0 amide bonds. The monoisotopic (exact) mass is 738 g/mol. The quantitative estimate of drug-likeness (QED) is 0.171. The van der Waals surface area contributed by atoms with Crippen molar-refractivity contribution in [3.8, 4) is 39.6 Å². The smallest absolute Gasteiger partial charge is 0.165 e. The third-order valence-electron chi connectivity index (χ3n) is 11.8. The Morgan fingerprint density at radius 2 is 1.11 bits per heavy atom. The molecule has 4 nitrogen and oxygen atoms in total. The molecule has 2 atom stereocenters. The van der Waals surface area contributed by atoms with Gasteiger partial charge in [-0.3, -0.25) is 0 Å². The van der Waals surface area contributed by atoms with Crippen molar-refractivity contribution in [3.63, 3.8) is 0 Å². The summed E-state index contributed by atoms with van der Waals surface area (Å²) >= 11 is 1.94. The summed E-state index contributed by atoms with van der Waals surface area (Å²) in [6.07, 6.45) is 4.38. The molecule has 56 heavy (non-hydrogen) atoms. The minimum absolute atomic E-state index is 0.211. The van der Waals surface area contributed by atoms with Crippen LogP contribution in [-0.2, 0) is 0 Å². The Labute approximate surface area is 329 Å². The van der Waals surface area contributed by atoms with E-state index in [1.807, 2.05) is 11.3 Å². The lowest BCUT2D eigenvalue weighted by Gasteiger charge is -2.29. The van der Waals surface area contributed by atoms with E-state index in [9.17, 15) is 0 Å². The molecule has 1 fully saturated rings. The highest BCUT2D eigenvalue weighted by Gasteiger charge is 2.30. The zero-order valence-electron chi connectivity index (χ0n) is 30.8. The predicted octanol–water partition coefficient (Wildman–Crippen LogP) is 13.8. The van der Waals surface area contributed by atoms with Crippen LogP contribution in [0.5, 0.6) is 0 Å². The molecule has 10 aromatic rings. The standard InChI is InChI=1S/C51H38N4S/c1-3-15-33(16-4-1)35-29-30-43(46(32-35)55-44-26-10-7-21-39(44)40-22-8-11-27-45(40)55)51-53-49(34-17-5-2-6-18-34)52-50(54-51)37-20-13-19-36(31-37)38-24-14-25-42-41-23-9-12-28-47(41)56-48(38)42/h1-12,14-18,21-30,32,36-37H,13,19-20,31H2. The lowest BCUT2D eigenvalue weighted by Crippen LogP contribution is -2.17. The number of aromatic nitrogens is 4. The minimum Gasteiger partial charge on any atom is -0.308 e. The first kappa shape index (κ1) is 33.0. The molecule has 268 valence electrons. The van der Waals surface area contributed by atoms with Gasteiger partial charge in [0, 0.05) is 48.0 Å². The van der Waals surface area contributed by atoms with E-state index >= 15 is 0 Å². The fourth-order valence-corrected chi connectivity index (χ4v) is 10.4. The van der Waals surface area contributed by atoms with E-state index < -0.39 is 0 Å². The van der Waals surface area contributed by atoms with Crippen LogP contribution in [0.3, 0.4) is 0 Å². The van der Waals surface area contributed by atoms with Gasteiger partial charge in [0.15, 0.2) is 11.6 Å². The first-order valence-corrected chi connectivity index (χ1v) is 20.5. The fourth-order valence-electron chi connectivity index (χ4n) is 9.11. The Bertz CT molecular complexity index is 3000. The number of rotatable bonds is 6. The van der Waals surface area contributed by atoms with E-state index in [4.69, 9.17) is 15.0 Å². The number of hydrogen-bond donors (Lipinski definition) is 0. The van der Waals surface area contributed by atoms with E-state index in [0.29, 0.717) is 11.7 Å². The Morgan fingerprint density at radius 1 is 0.482 bits per heavy atom. The lowest BCUT2D eigenvalue weighted by atomic mass is 9.77. The van der Waals surface area contributed by atoms with Crippen LogP contribution < -0.4 is 0 Å². The van der Waals surface area contributed by atoms with Crippen LogP contribution in [0, 0.1) is 0 Å². The van der Waals surface area contributed by atoms with Crippen LogP contribution in [0.1, 0.15) is 48.9 Å². The summed E-state index contributed by atoms with van der Waals surface area (Å²) in [5.41, 5.74) is 9.14. The molecular weight excluding hydrogens is 701 g/mol. The first-order chi connectivity index (χ1) is 27.8. The van der Waals surface area contributed by atoms with Crippen LogP contribution >= 0.6 is 11.3 Å². The van der Waals surface area contributed by atoms with E-state index in [2.05, 4.69) is 174 Å². The van der Waals surface area contributed by atoms with Crippen LogP contribution in [0.4, 0.5) is 0 Å². The fraction of sp³-hybridized carbons (Fsp3) is 0.118. The van der Waals surface area contributed by atoms with Gasteiger partial charge in [-0.1, -0.05) is 146 Å². The van der Waals surface area contributed by atoms with Crippen molar-refractivity contribution < 1.29 is 0 Å². The van der Waals surface area contributed by atoms with E-state index in [0.717, 1.165) is 64.3 Å². The van der Waals surface area contributed by atoms with Gasteiger partial charge >= 0.3 is 0 Å². The molecule has 2 unspecified atom stereocenters. The maximum atomic E-state index is 5.48. The predicted molar refractivity (Wildman–Crippen MR) is 234 cm³/mol. The van der Waals surface area contributed by atoms with Crippen LogP contribution in [0.2, 0.25) is 0 Å². The highest BCUT2D eigenvalue weighted by molar-refractivity contribution is 7.26. The molecule has 3 heterocycles. The molecule has 1 saturated carbocycles. The molecule has 3 aromatic heterocycles. The van der Waals surface area contributed by atoms with Gasteiger partial charge in [-0.05, 0) is 72.2 Å². The lowest BCUT2D eigenvalue weighted by molar-refractivity contribution is 0.384. The van der Waals surface area contributed by atoms with Gasteiger partial charge in [0.05, 0.1) is 16.7 Å². The van der Waals surface area contributed by atoms with Crippen molar-refractivity contribution in [1.29, 1.82) is 0 Å². The summed E-state index contributed by atoms with van der Waals surface area (Å²) in [6.45, 7) is 0. The molecule has 0 N–H and O–H groups in total. The molecule has 0 spiro atoms. The largest absolute Gasteiger partial charge is 0.308 e. The highest BCUT2D eigenvalue weighted by atomic mass is 32.1. The second-order valence-electron chi connectivity index (χ2n) is 15.1. The van der Waals surface area contributed by atoms with Gasteiger partial charge < -0.3 is 4.57 Å². The summed E-state index contributed by atoms with van der Waals surface area (Å²) in [4.78, 5) is 16.1. The van der Waals surface area contributed by atoms with Gasteiger partial charge in [0.2, 0.25) is 0 Å². The van der Waals surface area contributed by atoms with Crippen LogP contribution in [0.15, 0.2) is 170 Å². The summed E-state index contributed by atoms with van der Waals surface area (Å²) in [7, 11) is 0. The molecule has 11 rings (SSSR count). The number of hydrogen-bond acceptors (Lipinski definition) is 4. The van der Waals surface area contributed by atoms with Gasteiger partial charge in [-0.2, -0.15) is 0 Å². The molecule has 1 aliphatic rings. The maximum Gasteiger partial charge on any atom is 0.165 e. The summed E-state index contributed by atoms with van der Waals surface area (Å²) in [5, 5.41) is 5.17. The Balaban J connectivity index is 1.09. The van der Waals surface area contributed by atoms with Crippen LogP contribution in [-0.4, -0.2) is 19.5 Å². The third kappa shape index (κ3) is 5.61. The number of thiophene rings is 1. The molecule has 7 aromatic carbocycles. The van der Waals surface area contributed by atoms with Gasteiger partial charge in [-0.25, -0.2) is 15.0 Å². The Morgan fingerprint density at radius 3 is 1.88 bits per heavy atom. The number of benzene rings is 7. The Hall–Kier alpha value is -6.43.